The summed E-state index contributed by atoms with van der Waals surface area (Å²) in [5, 5.41) is -0.409. The topological polar surface area (TPSA) is 89.7 Å². The largest absolute Gasteiger partial charge is 0.444 e. The highest BCUT2D eigenvalue weighted by Crippen LogP contribution is 2.53. The molecule has 1 spiro atoms. The third-order valence-corrected chi connectivity index (χ3v) is 8.47. The molecule has 2 aliphatic rings. The second kappa shape index (κ2) is 6.85. The standard InChI is InChI=1S/C22H29ClN2O5S/c1-20(2,3)18-24-15-8-7-14(23)17(16(15)29-18)31(27,28)13-9-22(10-13)11-25(12-22)19(26)30-21(4,5)6/h7-8,13H,9-12H2,1-6H3. The number of hydrogen-bond donors (Lipinski definition) is 0. The zero-order valence-electron chi connectivity index (χ0n) is 18.8. The van der Waals surface area contributed by atoms with Crippen LogP contribution in [0.1, 0.15) is 60.3 Å². The van der Waals surface area contributed by atoms with Crippen LogP contribution in [0.2, 0.25) is 5.02 Å². The normalized spacial score (nSPS) is 19.4. The predicted octanol–water partition coefficient (Wildman–Crippen LogP) is 4.95. The molecule has 1 aliphatic carbocycles. The first-order valence-electron chi connectivity index (χ1n) is 10.4. The van der Waals surface area contributed by atoms with Crippen molar-refractivity contribution in [2.24, 2.45) is 5.41 Å². The number of ether oxygens (including phenoxy) is 1. The summed E-state index contributed by atoms with van der Waals surface area (Å²) in [6, 6.07) is 3.25. The molecule has 1 aromatic heterocycles. The smallest absolute Gasteiger partial charge is 0.410 e. The Bertz CT molecular complexity index is 1140. The molecular formula is C22H29ClN2O5S. The van der Waals surface area contributed by atoms with Gasteiger partial charge in [-0.05, 0) is 45.7 Å². The molecule has 0 radical (unpaired) electrons. The van der Waals surface area contributed by atoms with Crippen LogP contribution in [0.5, 0.6) is 0 Å². The monoisotopic (exact) mass is 468 g/mol. The number of oxazole rings is 1. The lowest BCUT2D eigenvalue weighted by molar-refractivity contribution is -0.0670. The molecule has 4 rings (SSSR count). The molecule has 1 amide bonds. The third kappa shape index (κ3) is 3.93. The van der Waals surface area contributed by atoms with E-state index in [1.807, 2.05) is 41.5 Å². The Hall–Kier alpha value is -1.80. The summed E-state index contributed by atoms with van der Waals surface area (Å²) in [7, 11) is -3.71. The van der Waals surface area contributed by atoms with E-state index in [0.717, 1.165) is 0 Å². The van der Waals surface area contributed by atoms with Crippen molar-refractivity contribution in [1.82, 2.24) is 9.88 Å². The summed E-state index contributed by atoms with van der Waals surface area (Å²) in [5.74, 6) is 0.471. The van der Waals surface area contributed by atoms with E-state index in [1.165, 1.54) is 0 Å². The number of rotatable bonds is 2. The van der Waals surface area contributed by atoms with Gasteiger partial charge >= 0.3 is 6.09 Å². The number of aromatic nitrogens is 1. The molecule has 1 saturated carbocycles. The van der Waals surface area contributed by atoms with E-state index < -0.39 is 20.7 Å². The molecular weight excluding hydrogens is 440 g/mol. The molecule has 0 unspecified atom stereocenters. The second-order valence-electron chi connectivity index (χ2n) is 10.9. The molecule has 7 nitrogen and oxygen atoms in total. The fourth-order valence-electron chi connectivity index (χ4n) is 4.30. The fraction of sp³-hybridized carbons (Fsp3) is 0.636. The van der Waals surface area contributed by atoms with Crippen LogP contribution in [0.15, 0.2) is 21.4 Å². The Labute approximate surface area is 188 Å². The molecule has 1 aromatic carbocycles. The first-order valence-corrected chi connectivity index (χ1v) is 12.4. The molecule has 9 heteroatoms. The van der Waals surface area contributed by atoms with Crippen LogP contribution >= 0.6 is 11.6 Å². The highest BCUT2D eigenvalue weighted by atomic mass is 35.5. The Morgan fingerprint density at radius 1 is 1.19 bits per heavy atom. The van der Waals surface area contributed by atoms with Gasteiger partial charge in [0.25, 0.3) is 0 Å². The molecule has 0 atom stereocenters. The zero-order valence-corrected chi connectivity index (χ0v) is 20.4. The van der Waals surface area contributed by atoms with Crippen molar-refractivity contribution in [1.29, 1.82) is 0 Å². The van der Waals surface area contributed by atoms with Crippen LogP contribution < -0.4 is 0 Å². The van der Waals surface area contributed by atoms with E-state index in [4.69, 9.17) is 20.8 Å². The molecule has 31 heavy (non-hydrogen) atoms. The number of benzene rings is 1. The number of carbonyl (C=O) groups excluding carboxylic acids is 1. The van der Waals surface area contributed by atoms with E-state index in [0.29, 0.717) is 37.3 Å². The lowest BCUT2D eigenvalue weighted by Gasteiger charge is -2.58. The van der Waals surface area contributed by atoms with Crippen LogP contribution in [0.3, 0.4) is 0 Å². The number of hydrogen-bond acceptors (Lipinski definition) is 6. The van der Waals surface area contributed by atoms with Crippen LogP contribution in [0.25, 0.3) is 11.1 Å². The van der Waals surface area contributed by atoms with Crippen molar-refractivity contribution in [3.8, 4) is 0 Å². The van der Waals surface area contributed by atoms with Gasteiger partial charge in [-0.15, -0.1) is 0 Å². The van der Waals surface area contributed by atoms with E-state index >= 15 is 0 Å². The number of carbonyl (C=O) groups is 1. The van der Waals surface area contributed by atoms with Crippen LogP contribution in [0, 0.1) is 5.41 Å². The average Bonchev–Trinajstić information content (AvgIpc) is 2.93. The SMILES string of the molecule is CC(C)(C)OC(=O)N1CC2(CC(S(=O)(=O)c3c(Cl)ccc4nc(C(C)(C)C)oc34)C2)C1. The Morgan fingerprint density at radius 3 is 2.35 bits per heavy atom. The minimum atomic E-state index is -3.71. The zero-order chi connectivity index (χ0) is 23.0. The van der Waals surface area contributed by atoms with Crippen LogP contribution in [0.4, 0.5) is 4.79 Å². The maximum atomic E-state index is 13.5. The average molecular weight is 469 g/mol. The summed E-state index contributed by atoms with van der Waals surface area (Å²) in [4.78, 5) is 18.3. The highest BCUT2D eigenvalue weighted by molar-refractivity contribution is 7.92. The molecule has 0 N–H and O–H groups in total. The lowest BCUT2D eigenvalue weighted by atomic mass is 9.63. The first-order chi connectivity index (χ1) is 14.1. The third-order valence-electron chi connectivity index (χ3n) is 5.85. The fourth-order valence-corrected chi connectivity index (χ4v) is 6.99. The van der Waals surface area contributed by atoms with Crippen LogP contribution in [-0.4, -0.2) is 48.3 Å². The number of nitrogens with zero attached hydrogens (tertiary/aromatic N) is 2. The summed E-state index contributed by atoms with van der Waals surface area (Å²) in [6.45, 7) is 12.4. The quantitative estimate of drug-likeness (QED) is 0.619. The maximum Gasteiger partial charge on any atom is 0.410 e. The Balaban J connectivity index is 1.53. The summed E-state index contributed by atoms with van der Waals surface area (Å²) >= 11 is 6.35. The van der Waals surface area contributed by atoms with Gasteiger partial charge in [0.05, 0.1) is 10.3 Å². The predicted molar refractivity (Wildman–Crippen MR) is 118 cm³/mol. The molecule has 1 aliphatic heterocycles. The number of halogens is 1. The van der Waals surface area contributed by atoms with Gasteiger partial charge in [-0.1, -0.05) is 32.4 Å². The van der Waals surface area contributed by atoms with Crippen molar-refractivity contribution in [2.45, 2.75) is 75.5 Å². The van der Waals surface area contributed by atoms with E-state index in [9.17, 15) is 13.2 Å². The first kappa shape index (κ1) is 22.4. The minimum Gasteiger partial charge on any atom is -0.444 e. The Kier molecular flexibility index (Phi) is 4.95. The number of sulfone groups is 1. The maximum absolute atomic E-state index is 13.5. The van der Waals surface area contributed by atoms with Crippen molar-refractivity contribution in [3.63, 3.8) is 0 Å². The van der Waals surface area contributed by atoms with Gasteiger partial charge in [-0.3, -0.25) is 0 Å². The molecule has 0 bridgehead atoms. The van der Waals surface area contributed by atoms with E-state index in [1.54, 1.807) is 17.0 Å². The van der Waals surface area contributed by atoms with Gasteiger partial charge in [0.15, 0.2) is 15.4 Å². The van der Waals surface area contributed by atoms with Crippen molar-refractivity contribution in [2.75, 3.05) is 13.1 Å². The van der Waals surface area contributed by atoms with E-state index in [2.05, 4.69) is 4.98 Å². The molecule has 1 saturated heterocycles. The van der Waals surface area contributed by atoms with Crippen molar-refractivity contribution in [3.05, 3.63) is 23.0 Å². The van der Waals surface area contributed by atoms with Gasteiger partial charge in [0.2, 0.25) is 5.89 Å². The minimum absolute atomic E-state index is 0.0258. The van der Waals surface area contributed by atoms with Gasteiger partial charge in [0, 0.05) is 23.9 Å². The van der Waals surface area contributed by atoms with E-state index in [-0.39, 0.29) is 32.4 Å². The van der Waals surface area contributed by atoms with Gasteiger partial charge < -0.3 is 14.1 Å². The second-order valence-corrected chi connectivity index (χ2v) is 13.5. The Morgan fingerprint density at radius 2 is 1.81 bits per heavy atom. The molecule has 2 fully saturated rings. The molecule has 2 aromatic rings. The number of fused-ring (bicyclic) bond motifs is 1. The van der Waals surface area contributed by atoms with Crippen molar-refractivity contribution < 1.29 is 22.4 Å². The molecule has 170 valence electrons. The summed E-state index contributed by atoms with van der Waals surface area (Å²) in [6.07, 6.45) is 0.622. The van der Waals surface area contributed by atoms with Gasteiger partial charge in [0.1, 0.15) is 16.0 Å². The van der Waals surface area contributed by atoms with Crippen molar-refractivity contribution >= 4 is 38.6 Å². The van der Waals surface area contributed by atoms with Crippen LogP contribution in [-0.2, 0) is 20.0 Å². The summed E-state index contributed by atoms with van der Waals surface area (Å²) < 4.78 is 38.2. The molecule has 2 heterocycles. The highest BCUT2D eigenvalue weighted by Gasteiger charge is 2.58. The lowest BCUT2D eigenvalue weighted by Crippen LogP contribution is -2.66. The van der Waals surface area contributed by atoms with Gasteiger partial charge in [-0.25, -0.2) is 18.2 Å². The number of amides is 1. The summed E-state index contributed by atoms with van der Waals surface area (Å²) in [5.41, 5.74) is -0.357. The van der Waals surface area contributed by atoms with Gasteiger partial charge in [-0.2, -0.15) is 0 Å². The number of likely N-dealkylation sites (tertiary alicyclic amines) is 1.